The van der Waals surface area contributed by atoms with Gasteiger partial charge < -0.3 is 5.73 Å². The Morgan fingerprint density at radius 1 is 1.36 bits per heavy atom. The molecule has 2 rings (SSSR count). The predicted molar refractivity (Wildman–Crippen MR) is 85.8 cm³/mol. The van der Waals surface area contributed by atoms with Crippen LogP contribution < -0.4 is 5.73 Å². The molecule has 0 aliphatic carbocycles. The second-order valence-electron chi connectivity index (χ2n) is 5.59. The van der Waals surface area contributed by atoms with Gasteiger partial charge in [0.15, 0.2) is 0 Å². The summed E-state index contributed by atoms with van der Waals surface area (Å²) < 4.78 is 24.8. The molecule has 0 bridgehead atoms. The Morgan fingerprint density at radius 3 is 2.68 bits per heavy atom. The van der Waals surface area contributed by atoms with Crippen LogP contribution in [-0.2, 0) is 21.4 Å². The fourth-order valence-electron chi connectivity index (χ4n) is 2.57. The van der Waals surface area contributed by atoms with Crippen molar-refractivity contribution in [3.63, 3.8) is 0 Å². The fourth-order valence-corrected chi connectivity index (χ4v) is 3.65. The molecule has 2 N–H and O–H groups in total. The van der Waals surface area contributed by atoms with Gasteiger partial charge in [-0.3, -0.25) is 9.69 Å². The van der Waals surface area contributed by atoms with E-state index in [1.165, 1.54) is 4.31 Å². The van der Waals surface area contributed by atoms with E-state index in [1.807, 2.05) is 23.1 Å². The van der Waals surface area contributed by atoms with E-state index < -0.39 is 21.8 Å². The molecular formula is C14H20ClN3O3S. The first-order valence-electron chi connectivity index (χ1n) is 6.97. The van der Waals surface area contributed by atoms with Gasteiger partial charge in [0.1, 0.15) is 0 Å². The van der Waals surface area contributed by atoms with E-state index in [0.29, 0.717) is 31.2 Å². The monoisotopic (exact) mass is 345 g/mol. The molecule has 0 saturated carbocycles. The summed E-state index contributed by atoms with van der Waals surface area (Å²) in [5, 5.41) is 0.650. The minimum Gasteiger partial charge on any atom is -0.369 e. The van der Waals surface area contributed by atoms with Crippen LogP contribution in [0.4, 0.5) is 0 Å². The van der Waals surface area contributed by atoms with Crippen molar-refractivity contribution in [2.75, 3.05) is 32.4 Å². The number of amides is 1. The zero-order valence-corrected chi connectivity index (χ0v) is 14.0. The van der Waals surface area contributed by atoms with Crippen molar-refractivity contribution in [2.24, 2.45) is 11.7 Å². The highest BCUT2D eigenvalue weighted by molar-refractivity contribution is 7.88. The standard InChI is InChI=1S/C14H20ClN3O3S/c1-22(20,21)18-6-5-17(9-12(10-18)14(16)19)8-11-3-2-4-13(15)7-11/h2-4,7,12H,5-6,8-10H2,1H3,(H2,16,19)/t12-/m0/s1. The summed E-state index contributed by atoms with van der Waals surface area (Å²) in [5.41, 5.74) is 6.43. The first kappa shape index (κ1) is 17.2. The number of benzene rings is 1. The topological polar surface area (TPSA) is 83.7 Å². The van der Waals surface area contributed by atoms with Crippen molar-refractivity contribution in [1.29, 1.82) is 0 Å². The summed E-state index contributed by atoms with van der Waals surface area (Å²) >= 11 is 5.98. The minimum absolute atomic E-state index is 0.139. The van der Waals surface area contributed by atoms with Crippen molar-refractivity contribution in [3.8, 4) is 0 Å². The highest BCUT2D eigenvalue weighted by Gasteiger charge is 2.30. The number of halogens is 1. The smallest absolute Gasteiger partial charge is 0.223 e. The molecule has 0 radical (unpaired) electrons. The second kappa shape index (κ2) is 6.95. The van der Waals surface area contributed by atoms with Crippen LogP contribution in [0.3, 0.4) is 0 Å². The van der Waals surface area contributed by atoms with Crippen LogP contribution >= 0.6 is 11.6 Å². The van der Waals surface area contributed by atoms with Gasteiger partial charge in [0.05, 0.1) is 12.2 Å². The van der Waals surface area contributed by atoms with Crippen molar-refractivity contribution in [2.45, 2.75) is 6.54 Å². The summed E-state index contributed by atoms with van der Waals surface area (Å²) in [4.78, 5) is 13.6. The summed E-state index contributed by atoms with van der Waals surface area (Å²) in [6, 6.07) is 7.47. The fraction of sp³-hybridized carbons (Fsp3) is 0.500. The average Bonchev–Trinajstić information content (AvgIpc) is 2.61. The maximum atomic E-state index is 11.8. The second-order valence-corrected chi connectivity index (χ2v) is 8.00. The third kappa shape index (κ3) is 4.67. The average molecular weight is 346 g/mol. The van der Waals surface area contributed by atoms with Gasteiger partial charge in [-0.15, -0.1) is 0 Å². The van der Waals surface area contributed by atoms with Gasteiger partial charge in [-0.25, -0.2) is 12.7 Å². The van der Waals surface area contributed by atoms with E-state index in [1.54, 1.807) is 6.07 Å². The molecule has 0 aromatic heterocycles. The molecule has 22 heavy (non-hydrogen) atoms. The number of rotatable bonds is 4. The largest absolute Gasteiger partial charge is 0.369 e. The van der Waals surface area contributed by atoms with E-state index >= 15 is 0 Å². The predicted octanol–water partition coefficient (Wildman–Crippen LogP) is 0.519. The molecule has 1 aromatic carbocycles. The Bertz CT molecular complexity index is 650. The molecule has 0 spiro atoms. The Kier molecular flexibility index (Phi) is 5.44. The molecule has 1 aromatic rings. The molecule has 0 unspecified atom stereocenters. The lowest BCUT2D eigenvalue weighted by molar-refractivity contribution is -0.122. The number of nitrogens with zero attached hydrogens (tertiary/aromatic N) is 2. The molecule has 6 nitrogen and oxygen atoms in total. The van der Waals surface area contributed by atoms with Crippen LogP contribution in [0.25, 0.3) is 0 Å². The number of carbonyl (C=O) groups is 1. The lowest BCUT2D eigenvalue weighted by Gasteiger charge is -2.22. The lowest BCUT2D eigenvalue weighted by Crippen LogP contribution is -2.40. The summed E-state index contributed by atoms with van der Waals surface area (Å²) in [7, 11) is -3.34. The molecule has 1 fully saturated rings. The Balaban J connectivity index is 2.14. The molecule has 1 atom stereocenters. The summed E-state index contributed by atoms with van der Waals surface area (Å²) in [5.74, 6) is -0.997. The number of sulfonamides is 1. The van der Waals surface area contributed by atoms with Gasteiger partial charge in [0.2, 0.25) is 15.9 Å². The van der Waals surface area contributed by atoms with E-state index in [9.17, 15) is 13.2 Å². The van der Waals surface area contributed by atoms with Crippen LogP contribution in [0.1, 0.15) is 5.56 Å². The highest BCUT2D eigenvalue weighted by Crippen LogP contribution is 2.17. The van der Waals surface area contributed by atoms with Gasteiger partial charge in [-0.1, -0.05) is 23.7 Å². The Labute approximate surface area is 135 Å². The third-order valence-corrected chi connectivity index (χ3v) is 5.24. The lowest BCUT2D eigenvalue weighted by atomic mass is 10.1. The zero-order chi connectivity index (χ0) is 16.3. The van der Waals surface area contributed by atoms with Gasteiger partial charge in [0.25, 0.3) is 0 Å². The van der Waals surface area contributed by atoms with Gasteiger partial charge >= 0.3 is 0 Å². The number of primary amides is 1. The van der Waals surface area contributed by atoms with Crippen molar-refractivity contribution in [3.05, 3.63) is 34.9 Å². The number of hydrogen-bond donors (Lipinski definition) is 1. The Morgan fingerprint density at radius 2 is 2.09 bits per heavy atom. The van der Waals surface area contributed by atoms with Crippen molar-refractivity contribution < 1.29 is 13.2 Å². The highest BCUT2D eigenvalue weighted by atomic mass is 35.5. The van der Waals surface area contributed by atoms with Crippen molar-refractivity contribution in [1.82, 2.24) is 9.21 Å². The van der Waals surface area contributed by atoms with Crippen LogP contribution in [0.15, 0.2) is 24.3 Å². The molecule has 1 aliphatic rings. The third-order valence-electron chi connectivity index (χ3n) is 3.73. The quantitative estimate of drug-likeness (QED) is 0.862. The first-order chi connectivity index (χ1) is 10.3. The van der Waals surface area contributed by atoms with Crippen LogP contribution in [0.2, 0.25) is 5.02 Å². The van der Waals surface area contributed by atoms with E-state index in [2.05, 4.69) is 0 Å². The number of hydrogen-bond acceptors (Lipinski definition) is 4. The van der Waals surface area contributed by atoms with Gasteiger partial charge in [-0.2, -0.15) is 0 Å². The molecule has 122 valence electrons. The number of carbonyl (C=O) groups excluding carboxylic acids is 1. The van der Waals surface area contributed by atoms with Gasteiger partial charge in [-0.05, 0) is 17.7 Å². The normalized spacial score (nSPS) is 21.5. The van der Waals surface area contributed by atoms with Crippen LogP contribution in [0.5, 0.6) is 0 Å². The van der Waals surface area contributed by atoms with Gasteiger partial charge in [0, 0.05) is 37.7 Å². The Hall–Kier alpha value is -1.15. The zero-order valence-electron chi connectivity index (χ0n) is 12.4. The summed E-state index contributed by atoms with van der Waals surface area (Å²) in [6.45, 7) is 2.07. The van der Waals surface area contributed by atoms with Crippen LogP contribution in [0, 0.1) is 5.92 Å². The molecule has 1 aliphatic heterocycles. The maximum Gasteiger partial charge on any atom is 0.223 e. The van der Waals surface area contributed by atoms with Crippen molar-refractivity contribution >= 4 is 27.5 Å². The molecule has 8 heteroatoms. The van der Waals surface area contributed by atoms with E-state index in [4.69, 9.17) is 17.3 Å². The summed E-state index contributed by atoms with van der Waals surface area (Å²) in [6.07, 6.45) is 1.15. The molecule has 1 saturated heterocycles. The maximum absolute atomic E-state index is 11.8. The van der Waals surface area contributed by atoms with E-state index in [0.717, 1.165) is 11.8 Å². The SMILES string of the molecule is CS(=O)(=O)N1CCN(Cc2cccc(Cl)c2)C[C@H](C(N)=O)C1. The minimum atomic E-state index is -3.34. The molecule has 1 amide bonds. The van der Waals surface area contributed by atoms with E-state index in [-0.39, 0.29) is 6.54 Å². The molecular weight excluding hydrogens is 326 g/mol. The first-order valence-corrected chi connectivity index (χ1v) is 9.19. The molecule has 1 heterocycles. The van der Waals surface area contributed by atoms with Crippen LogP contribution in [-0.4, -0.2) is 56.0 Å². The number of nitrogens with two attached hydrogens (primary N) is 1.